The van der Waals surface area contributed by atoms with Gasteiger partial charge in [0, 0.05) is 23.5 Å². The van der Waals surface area contributed by atoms with Crippen LogP contribution in [0.3, 0.4) is 0 Å². The standard InChI is InChI=1S/C14H12FN3O/c1-19-12-6-10(17)5-11(7-12)18-14-3-2-9(8-16)4-13(14)15/h2-7,18H,17H2,1H3. The lowest BCUT2D eigenvalue weighted by molar-refractivity contribution is 0.415. The average molecular weight is 257 g/mol. The molecule has 0 atom stereocenters. The number of nitrogens with zero attached hydrogens (tertiary/aromatic N) is 1. The third kappa shape index (κ3) is 2.93. The van der Waals surface area contributed by atoms with Gasteiger partial charge in [0.25, 0.3) is 0 Å². The molecule has 96 valence electrons. The molecular formula is C14H12FN3O. The fourth-order valence-electron chi connectivity index (χ4n) is 1.65. The van der Waals surface area contributed by atoms with Crippen LogP contribution in [-0.2, 0) is 0 Å². The van der Waals surface area contributed by atoms with Crippen molar-refractivity contribution in [3.8, 4) is 11.8 Å². The van der Waals surface area contributed by atoms with Crippen molar-refractivity contribution in [3.05, 3.63) is 47.8 Å². The normalized spacial score (nSPS) is 9.74. The van der Waals surface area contributed by atoms with E-state index < -0.39 is 5.82 Å². The molecule has 2 aromatic rings. The Morgan fingerprint density at radius 2 is 2.05 bits per heavy atom. The van der Waals surface area contributed by atoms with Gasteiger partial charge in [-0.05, 0) is 24.3 Å². The molecule has 0 spiro atoms. The van der Waals surface area contributed by atoms with Gasteiger partial charge >= 0.3 is 0 Å². The lowest BCUT2D eigenvalue weighted by Gasteiger charge is -2.10. The van der Waals surface area contributed by atoms with Crippen LogP contribution in [0.5, 0.6) is 5.75 Å². The van der Waals surface area contributed by atoms with E-state index in [-0.39, 0.29) is 11.3 Å². The summed E-state index contributed by atoms with van der Waals surface area (Å²) in [5.41, 5.74) is 7.38. The molecule has 0 aliphatic rings. The van der Waals surface area contributed by atoms with Crippen LogP contribution in [0.15, 0.2) is 36.4 Å². The van der Waals surface area contributed by atoms with Gasteiger partial charge in [-0.1, -0.05) is 0 Å². The fourth-order valence-corrected chi connectivity index (χ4v) is 1.65. The van der Waals surface area contributed by atoms with Gasteiger partial charge < -0.3 is 15.8 Å². The smallest absolute Gasteiger partial charge is 0.147 e. The first-order valence-corrected chi connectivity index (χ1v) is 5.53. The van der Waals surface area contributed by atoms with Crippen LogP contribution in [0.2, 0.25) is 0 Å². The third-order valence-electron chi connectivity index (χ3n) is 2.54. The van der Waals surface area contributed by atoms with Gasteiger partial charge in [0.15, 0.2) is 0 Å². The number of nitrogens with two attached hydrogens (primary N) is 1. The number of ether oxygens (including phenoxy) is 1. The van der Waals surface area contributed by atoms with Crippen molar-refractivity contribution in [1.82, 2.24) is 0 Å². The van der Waals surface area contributed by atoms with Gasteiger partial charge in [-0.25, -0.2) is 4.39 Å². The van der Waals surface area contributed by atoms with Gasteiger partial charge in [0.05, 0.1) is 24.4 Å². The van der Waals surface area contributed by atoms with Crippen molar-refractivity contribution in [2.45, 2.75) is 0 Å². The molecule has 3 N–H and O–H groups in total. The molecule has 0 radical (unpaired) electrons. The highest BCUT2D eigenvalue weighted by atomic mass is 19.1. The summed E-state index contributed by atoms with van der Waals surface area (Å²) in [6.45, 7) is 0. The minimum Gasteiger partial charge on any atom is -0.497 e. The Labute approximate surface area is 110 Å². The quantitative estimate of drug-likeness (QED) is 0.829. The molecule has 5 heteroatoms. The summed E-state index contributed by atoms with van der Waals surface area (Å²) in [6, 6.07) is 11.1. The van der Waals surface area contributed by atoms with Crippen molar-refractivity contribution in [2.24, 2.45) is 0 Å². The van der Waals surface area contributed by atoms with Crippen LogP contribution < -0.4 is 15.8 Å². The Morgan fingerprint density at radius 1 is 1.26 bits per heavy atom. The maximum absolute atomic E-state index is 13.7. The van der Waals surface area contributed by atoms with Crippen molar-refractivity contribution in [3.63, 3.8) is 0 Å². The molecule has 0 saturated carbocycles. The summed E-state index contributed by atoms with van der Waals surface area (Å²) in [5.74, 6) is 0.0806. The minimum absolute atomic E-state index is 0.270. The zero-order valence-corrected chi connectivity index (χ0v) is 10.3. The summed E-state index contributed by atoms with van der Waals surface area (Å²) in [7, 11) is 1.53. The lowest BCUT2D eigenvalue weighted by atomic mass is 10.2. The Kier molecular flexibility index (Phi) is 3.53. The summed E-state index contributed by atoms with van der Waals surface area (Å²) in [6.07, 6.45) is 0. The number of methoxy groups -OCH3 is 1. The molecule has 19 heavy (non-hydrogen) atoms. The van der Waals surface area contributed by atoms with E-state index in [4.69, 9.17) is 15.7 Å². The van der Waals surface area contributed by atoms with Gasteiger partial charge in [0.2, 0.25) is 0 Å². The molecular weight excluding hydrogens is 245 g/mol. The topological polar surface area (TPSA) is 71.1 Å². The highest BCUT2D eigenvalue weighted by molar-refractivity contribution is 5.67. The van der Waals surface area contributed by atoms with Crippen LogP contribution in [0.4, 0.5) is 21.5 Å². The second kappa shape index (κ2) is 5.27. The van der Waals surface area contributed by atoms with Gasteiger partial charge in [0.1, 0.15) is 11.6 Å². The maximum Gasteiger partial charge on any atom is 0.147 e. The Morgan fingerprint density at radius 3 is 2.68 bits per heavy atom. The average Bonchev–Trinajstić information content (AvgIpc) is 2.40. The monoisotopic (exact) mass is 257 g/mol. The van der Waals surface area contributed by atoms with Crippen LogP contribution >= 0.6 is 0 Å². The number of hydrogen-bond acceptors (Lipinski definition) is 4. The third-order valence-corrected chi connectivity index (χ3v) is 2.54. The number of nitrogens with one attached hydrogen (secondary N) is 1. The molecule has 0 amide bonds. The predicted molar refractivity (Wildman–Crippen MR) is 71.8 cm³/mol. The van der Waals surface area contributed by atoms with Gasteiger partial charge in [-0.3, -0.25) is 0 Å². The van der Waals surface area contributed by atoms with Crippen LogP contribution in [0.25, 0.3) is 0 Å². The second-order valence-electron chi connectivity index (χ2n) is 3.93. The Bertz CT molecular complexity index is 650. The van der Waals surface area contributed by atoms with Crippen LogP contribution in [0.1, 0.15) is 5.56 Å². The molecule has 2 rings (SSSR count). The first kappa shape index (κ1) is 12.7. The SMILES string of the molecule is COc1cc(N)cc(Nc2ccc(C#N)cc2F)c1. The van der Waals surface area contributed by atoms with Crippen molar-refractivity contribution in [1.29, 1.82) is 5.26 Å². The van der Waals surface area contributed by atoms with E-state index in [0.717, 1.165) is 0 Å². The van der Waals surface area contributed by atoms with E-state index in [0.29, 0.717) is 17.1 Å². The number of halogens is 1. The number of benzene rings is 2. The zero-order chi connectivity index (χ0) is 13.8. The summed E-state index contributed by atoms with van der Waals surface area (Å²) in [4.78, 5) is 0. The van der Waals surface area contributed by atoms with Crippen LogP contribution in [0, 0.1) is 17.1 Å². The fraction of sp³-hybridized carbons (Fsp3) is 0.0714. The van der Waals surface area contributed by atoms with E-state index in [2.05, 4.69) is 5.32 Å². The predicted octanol–water partition coefficient (Wildman–Crippen LogP) is 3.03. The second-order valence-corrected chi connectivity index (χ2v) is 3.93. The molecule has 4 nitrogen and oxygen atoms in total. The van der Waals surface area contributed by atoms with E-state index >= 15 is 0 Å². The van der Waals surface area contributed by atoms with Crippen molar-refractivity contribution >= 4 is 17.1 Å². The van der Waals surface area contributed by atoms with E-state index in [9.17, 15) is 4.39 Å². The summed E-state index contributed by atoms with van der Waals surface area (Å²) >= 11 is 0. The highest BCUT2D eigenvalue weighted by Gasteiger charge is 2.05. The number of nitrogen functional groups attached to an aromatic ring is 1. The first-order valence-electron chi connectivity index (χ1n) is 5.53. The minimum atomic E-state index is -0.500. The summed E-state index contributed by atoms with van der Waals surface area (Å²) < 4.78 is 18.8. The van der Waals surface area contributed by atoms with Crippen LogP contribution in [-0.4, -0.2) is 7.11 Å². The number of hydrogen-bond donors (Lipinski definition) is 2. The molecule has 0 heterocycles. The Balaban J connectivity index is 2.31. The van der Waals surface area contributed by atoms with Crippen molar-refractivity contribution in [2.75, 3.05) is 18.2 Å². The maximum atomic E-state index is 13.7. The molecule has 0 saturated heterocycles. The largest absolute Gasteiger partial charge is 0.497 e. The Hall–Kier alpha value is -2.74. The number of anilines is 3. The number of nitriles is 1. The molecule has 0 unspecified atom stereocenters. The van der Waals surface area contributed by atoms with Gasteiger partial charge in [-0.2, -0.15) is 5.26 Å². The zero-order valence-electron chi connectivity index (χ0n) is 10.3. The number of rotatable bonds is 3. The van der Waals surface area contributed by atoms with E-state index in [1.54, 1.807) is 18.2 Å². The van der Waals surface area contributed by atoms with E-state index in [1.807, 2.05) is 6.07 Å². The molecule has 0 aliphatic carbocycles. The van der Waals surface area contributed by atoms with Gasteiger partial charge in [-0.15, -0.1) is 0 Å². The first-order chi connectivity index (χ1) is 9.12. The summed E-state index contributed by atoms with van der Waals surface area (Å²) in [5, 5.41) is 11.6. The van der Waals surface area contributed by atoms with E-state index in [1.165, 1.54) is 25.3 Å². The molecule has 2 aromatic carbocycles. The molecule has 0 fully saturated rings. The molecule has 0 aliphatic heterocycles. The highest BCUT2D eigenvalue weighted by Crippen LogP contribution is 2.26. The molecule has 0 bridgehead atoms. The lowest BCUT2D eigenvalue weighted by Crippen LogP contribution is -1.97. The molecule has 0 aromatic heterocycles. The van der Waals surface area contributed by atoms with Crippen molar-refractivity contribution < 1.29 is 9.13 Å².